The number of hydrogen-bond acceptors (Lipinski definition) is 16. The predicted molar refractivity (Wildman–Crippen MR) is 326 cm³/mol. The van der Waals surface area contributed by atoms with Crippen LogP contribution in [0, 0.1) is 35.2 Å². The number of para-hydroxylation sites is 4. The van der Waals surface area contributed by atoms with Crippen molar-refractivity contribution in [3.8, 4) is 12.1 Å². The Morgan fingerprint density at radius 2 is 1.10 bits per heavy atom. The van der Waals surface area contributed by atoms with Crippen molar-refractivity contribution in [3.63, 3.8) is 0 Å². The van der Waals surface area contributed by atoms with E-state index >= 15 is 0 Å². The summed E-state index contributed by atoms with van der Waals surface area (Å²) in [7, 11) is -0.802. The summed E-state index contributed by atoms with van der Waals surface area (Å²) in [5.74, 6) is -0.485. The van der Waals surface area contributed by atoms with E-state index in [1.165, 1.54) is 51.5 Å². The van der Waals surface area contributed by atoms with Crippen molar-refractivity contribution in [2.75, 3.05) is 106 Å². The maximum Gasteiger partial charge on any atom is 0.373 e. The van der Waals surface area contributed by atoms with E-state index in [4.69, 9.17) is 27.7 Å². The first-order valence-corrected chi connectivity index (χ1v) is 29.3. The van der Waals surface area contributed by atoms with Crippen LogP contribution in [0.2, 0.25) is 13.6 Å². The van der Waals surface area contributed by atoms with Crippen LogP contribution in [0.5, 0.6) is 0 Å². The smallest absolute Gasteiger partial charge is 0.373 e. The van der Waals surface area contributed by atoms with Gasteiger partial charge in [-0.25, -0.2) is 4.85 Å². The molecule has 4 atom stereocenters. The Labute approximate surface area is 484 Å². The monoisotopic (exact) mass is 1120 g/mol. The molecule has 0 spiro atoms. The number of carbonyl (C=O) groups is 2. The number of nitrogens with two attached hydrogens (primary N) is 1. The first-order chi connectivity index (χ1) is 38.3. The second kappa shape index (κ2) is 35.6. The van der Waals surface area contributed by atoms with Gasteiger partial charge < -0.3 is 56.7 Å². The normalized spacial score (nSPS) is 22.9. The number of ketones is 1. The third-order valence-electron chi connectivity index (χ3n) is 16.2. The zero-order valence-electron chi connectivity index (χ0n) is 47.6. The predicted octanol–water partition coefficient (Wildman–Crippen LogP) is 5.98. The van der Waals surface area contributed by atoms with Crippen LogP contribution >= 0.6 is 12.4 Å². The van der Waals surface area contributed by atoms with E-state index in [1.54, 1.807) is 13.6 Å². The zero-order valence-corrected chi connectivity index (χ0v) is 48.4. The molecule has 7 aliphatic heterocycles. The molecule has 0 aliphatic carbocycles. The number of halogens is 1. The topological polar surface area (TPSA) is 237 Å². The lowest BCUT2D eigenvalue weighted by molar-refractivity contribution is -0.142. The number of nitriles is 2. The molecule has 3 aromatic rings. The van der Waals surface area contributed by atoms with E-state index in [-0.39, 0.29) is 25.4 Å². The molecule has 4 unspecified atom stereocenters. The van der Waals surface area contributed by atoms with Crippen molar-refractivity contribution in [1.29, 1.82) is 10.5 Å². The molecule has 0 bridgehead atoms. The molecular weight excluding hydrogens is 1030 g/mol. The van der Waals surface area contributed by atoms with Gasteiger partial charge in [0.05, 0.1) is 35.0 Å². The van der Waals surface area contributed by atoms with Gasteiger partial charge in [0.25, 0.3) is 0 Å². The zero-order chi connectivity index (χ0) is 56.4. The van der Waals surface area contributed by atoms with E-state index in [9.17, 15) is 19.9 Å². The number of piperidine rings is 7. The summed E-state index contributed by atoms with van der Waals surface area (Å²) in [5, 5.41) is 57.9. The lowest BCUT2D eigenvalue weighted by Gasteiger charge is -2.43. The second-order valence-corrected chi connectivity index (χ2v) is 22.2. The molecule has 21 heteroatoms. The van der Waals surface area contributed by atoms with Crippen molar-refractivity contribution in [1.82, 2.24) is 30.9 Å². The van der Waals surface area contributed by atoms with Crippen LogP contribution in [-0.2, 0) is 9.59 Å². The van der Waals surface area contributed by atoms with E-state index in [1.807, 2.05) is 60.7 Å². The first-order valence-electron chi connectivity index (χ1n) is 29.3. The van der Waals surface area contributed by atoms with Gasteiger partial charge in [0.1, 0.15) is 17.9 Å². The fourth-order valence-corrected chi connectivity index (χ4v) is 12.0. The number of hydrogen-bond donors (Lipinski definition) is 8. The highest BCUT2D eigenvalue weighted by Gasteiger charge is 2.31. The molecule has 9 N–H and O–H groups in total. The molecule has 0 amide bonds. The number of nitrogens with one attached hydrogen (secondary N) is 4. The molecule has 0 saturated carbocycles. The summed E-state index contributed by atoms with van der Waals surface area (Å²) in [6.07, 6.45) is 14.8. The summed E-state index contributed by atoms with van der Waals surface area (Å²) in [5.41, 5.74) is 11.5. The molecule has 7 aliphatic rings. The summed E-state index contributed by atoms with van der Waals surface area (Å²) in [4.78, 5) is 37.1. The van der Waals surface area contributed by atoms with E-state index in [0.29, 0.717) is 60.9 Å². The highest BCUT2D eigenvalue weighted by atomic mass is 35.5. The summed E-state index contributed by atoms with van der Waals surface area (Å²) >= 11 is 0. The average molecular weight is 1120 g/mol. The standard InChI is InChI=1S/C18H27BN4O.C17H24N4.C12H12N2O.C6H15BN2O.C6H11NO2.ClH/c1-19(24)21-16-6-4-10-23(14-16)17-8-11-22(12-9-17)18-7-3-2-5-15(18)13-20;1-19-16-6-2-3-7-17(16)20-11-8-15(9-12-20)21-10-4-5-14(18)13-21;13-9-10-3-1-2-4-12(10)14-7-5-11(15)6-8-14;1-7(10)9-6-3-2-4-8-5-6;8-6(9)5-2-1-3-7-4-5;/h2-3,5,7,16-17,21,24H,4,6,8-12,14H2,1H3;2-3,6-7,14-15H,4-5,8-13,18H2;1-4H,5-8H2;6,8-10H,2-5H2,1H3;5,7H,1-4H2,(H,8,9);1H. The number of likely N-dealkylation sites (tertiary alicyclic amines) is 2. The first kappa shape index (κ1) is 65.5. The molecule has 7 saturated heterocycles. The average Bonchev–Trinajstić information content (AvgIpc) is 3.48. The van der Waals surface area contributed by atoms with E-state index in [0.717, 1.165) is 139 Å². The highest BCUT2D eigenvalue weighted by Crippen LogP contribution is 2.32. The van der Waals surface area contributed by atoms with E-state index in [2.05, 4.69) is 74.7 Å². The number of nitrogens with zero attached hydrogens (tertiary/aromatic N) is 8. The lowest BCUT2D eigenvalue weighted by atomic mass is 9.85. The molecule has 7 heterocycles. The SMILES string of the molecule is CB(O)NC1CCCN(C2CCN(c3ccccc3C#N)CC2)C1.CB(O)NC1CCCNC1.Cl.N#Cc1ccccc1N1CCC(=O)CC1.O=C(O)C1CCCNC1.[C-]#[N+]c1ccccc1N1CCC(N2CCCC(N)C2)CC1. The summed E-state index contributed by atoms with van der Waals surface area (Å²) < 4.78 is 0. The van der Waals surface area contributed by atoms with Crippen LogP contribution in [0.15, 0.2) is 72.8 Å². The van der Waals surface area contributed by atoms with Crippen molar-refractivity contribution < 1.29 is 24.7 Å². The number of Topliss-reactive ketones (excluding diaryl/α,β-unsaturated/α-hetero) is 1. The van der Waals surface area contributed by atoms with Crippen LogP contribution in [0.3, 0.4) is 0 Å². The van der Waals surface area contributed by atoms with Crippen LogP contribution < -0.4 is 41.5 Å². The number of rotatable bonds is 10. The molecule has 18 nitrogen and oxygen atoms in total. The lowest BCUT2D eigenvalue weighted by Crippen LogP contribution is -2.54. The van der Waals surface area contributed by atoms with Crippen LogP contribution in [0.1, 0.15) is 101 Å². The van der Waals surface area contributed by atoms with Gasteiger partial charge in [-0.15, -0.1) is 12.4 Å². The van der Waals surface area contributed by atoms with Crippen LogP contribution in [-0.4, -0.2) is 173 Å². The minimum absolute atomic E-state index is 0. The number of aliphatic carboxylic acids is 1. The molecule has 434 valence electrons. The fourth-order valence-electron chi connectivity index (χ4n) is 12.0. The Balaban J connectivity index is 0.000000192. The quantitative estimate of drug-likeness (QED) is 0.0861. The van der Waals surface area contributed by atoms with Gasteiger partial charge in [-0.05, 0) is 147 Å². The number of carboxylic acid groups (broad SMARTS) is 1. The maximum atomic E-state index is 11.1. The van der Waals surface area contributed by atoms with Gasteiger partial charge in [0.15, 0.2) is 0 Å². The Hall–Kier alpha value is -5.27. The molecule has 10 rings (SSSR count). The van der Waals surface area contributed by atoms with E-state index < -0.39 is 13.0 Å². The molecule has 7 fully saturated rings. The Morgan fingerprint density at radius 1 is 0.637 bits per heavy atom. The molecule has 0 radical (unpaired) electrons. The van der Waals surface area contributed by atoms with Gasteiger partial charge in [-0.3, -0.25) is 19.4 Å². The Bertz CT molecular complexity index is 2420. The van der Waals surface area contributed by atoms with Crippen molar-refractivity contribution in [3.05, 3.63) is 95.3 Å². The van der Waals surface area contributed by atoms with Gasteiger partial charge in [-0.1, -0.05) is 42.5 Å². The van der Waals surface area contributed by atoms with Crippen molar-refractivity contribution in [2.45, 2.75) is 134 Å². The number of carbonyl (C=O) groups excluding carboxylic acids is 1. The minimum Gasteiger partial charge on any atom is -0.481 e. The number of anilines is 3. The third-order valence-corrected chi connectivity index (χ3v) is 16.2. The minimum atomic E-state index is -0.665. The van der Waals surface area contributed by atoms with Crippen molar-refractivity contribution in [2.24, 2.45) is 11.7 Å². The Morgan fingerprint density at radius 3 is 1.57 bits per heavy atom. The van der Waals surface area contributed by atoms with Gasteiger partial charge in [0, 0.05) is 114 Å². The van der Waals surface area contributed by atoms with Gasteiger partial charge >= 0.3 is 20.1 Å². The van der Waals surface area contributed by atoms with Gasteiger partial charge in [0.2, 0.25) is 5.69 Å². The van der Waals surface area contributed by atoms with Crippen LogP contribution in [0.25, 0.3) is 4.85 Å². The number of benzene rings is 3. The third kappa shape index (κ3) is 21.6. The Kier molecular flexibility index (Phi) is 29.1. The molecule has 0 aromatic heterocycles. The second-order valence-electron chi connectivity index (χ2n) is 22.2. The molecule has 80 heavy (non-hydrogen) atoms. The summed E-state index contributed by atoms with van der Waals surface area (Å²) in [6, 6.07) is 30.4. The maximum absolute atomic E-state index is 11.1. The highest BCUT2D eigenvalue weighted by molar-refractivity contribution is 6.45. The molecular formula is C59H90B2ClN13O5. The van der Waals surface area contributed by atoms with Crippen LogP contribution in [0.4, 0.5) is 22.7 Å². The number of carboxylic acids is 1. The molecule has 3 aromatic carbocycles. The van der Waals surface area contributed by atoms with Gasteiger partial charge in [-0.2, -0.15) is 10.5 Å². The largest absolute Gasteiger partial charge is 0.481 e. The van der Waals surface area contributed by atoms with Crippen molar-refractivity contribution >= 4 is 61.0 Å². The summed E-state index contributed by atoms with van der Waals surface area (Å²) in [6.45, 7) is 24.6. The fraction of sp³-hybridized carbons (Fsp3) is 0.610.